The summed E-state index contributed by atoms with van der Waals surface area (Å²) < 4.78 is 0. The second-order valence-electron chi connectivity index (χ2n) is 5.82. The Morgan fingerprint density at radius 1 is 1.38 bits per heavy atom. The van der Waals surface area contributed by atoms with Crippen LogP contribution >= 0.6 is 0 Å². The molecule has 2 N–H and O–H groups in total. The zero-order valence-corrected chi connectivity index (χ0v) is 10.7. The summed E-state index contributed by atoms with van der Waals surface area (Å²) in [4.78, 5) is 0. The topological polar surface area (TPSA) is 26.0 Å². The molecule has 1 heteroatoms. The summed E-state index contributed by atoms with van der Waals surface area (Å²) in [5.74, 6) is 0.801. The van der Waals surface area contributed by atoms with Crippen molar-refractivity contribution in [2.75, 3.05) is 0 Å². The highest BCUT2D eigenvalue weighted by Gasteiger charge is 2.33. The normalized spacial score (nSPS) is 29.6. The lowest BCUT2D eigenvalue weighted by atomic mass is 9.87. The number of rotatable bonds is 2. The lowest BCUT2D eigenvalue weighted by Crippen LogP contribution is -2.39. The van der Waals surface area contributed by atoms with Gasteiger partial charge in [-0.15, -0.1) is 0 Å². The standard InChI is InChI=1S/C15H23N/c1-11-4-5-13(3)14(8-11)10-15(16)7-6-12(2)9-15/h4-5,8,12H,6-7,9-10,16H2,1-3H3. The van der Waals surface area contributed by atoms with Crippen LogP contribution in [0.1, 0.15) is 42.9 Å². The van der Waals surface area contributed by atoms with Crippen LogP contribution in [-0.2, 0) is 6.42 Å². The molecule has 1 aliphatic rings. The van der Waals surface area contributed by atoms with Gasteiger partial charge in [-0.1, -0.05) is 30.7 Å². The van der Waals surface area contributed by atoms with Gasteiger partial charge in [0, 0.05) is 5.54 Å². The zero-order chi connectivity index (χ0) is 11.8. The summed E-state index contributed by atoms with van der Waals surface area (Å²) >= 11 is 0. The Balaban J connectivity index is 2.17. The van der Waals surface area contributed by atoms with Crippen LogP contribution in [0.15, 0.2) is 18.2 Å². The molecule has 0 spiro atoms. The highest BCUT2D eigenvalue weighted by atomic mass is 14.8. The second-order valence-corrected chi connectivity index (χ2v) is 5.82. The smallest absolute Gasteiger partial charge is 0.0197 e. The third-order valence-electron chi connectivity index (χ3n) is 3.94. The van der Waals surface area contributed by atoms with Gasteiger partial charge in [0.15, 0.2) is 0 Å². The largest absolute Gasteiger partial charge is 0.325 e. The van der Waals surface area contributed by atoms with Gasteiger partial charge in [0.05, 0.1) is 0 Å². The van der Waals surface area contributed by atoms with E-state index in [2.05, 4.69) is 39.0 Å². The van der Waals surface area contributed by atoms with E-state index in [1.165, 1.54) is 36.0 Å². The van der Waals surface area contributed by atoms with Crippen molar-refractivity contribution >= 4 is 0 Å². The fourth-order valence-corrected chi connectivity index (χ4v) is 2.96. The molecule has 2 atom stereocenters. The SMILES string of the molecule is Cc1ccc(C)c(CC2(N)CCC(C)C2)c1. The summed E-state index contributed by atoms with van der Waals surface area (Å²) in [7, 11) is 0. The predicted molar refractivity (Wildman–Crippen MR) is 69.6 cm³/mol. The molecule has 1 aliphatic carbocycles. The van der Waals surface area contributed by atoms with Crippen molar-refractivity contribution < 1.29 is 0 Å². The number of aryl methyl sites for hydroxylation is 2. The molecule has 0 saturated heterocycles. The maximum absolute atomic E-state index is 6.50. The molecule has 0 aliphatic heterocycles. The van der Waals surface area contributed by atoms with Gasteiger partial charge < -0.3 is 5.73 Å². The van der Waals surface area contributed by atoms with Crippen LogP contribution in [-0.4, -0.2) is 5.54 Å². The van der Waals surface area contributed by atoms with Crippen LogP contribution in [0.4, 0.5) is 0 Å². The van der Waals surface area contributed by atoms with Crippen molar-refractivity contribution in [2.45, 2.75) is 52.0 Å². The second kappa shape index (κ2) is 4.21. The van der Waals surface area contributed by atoms with E-state index >= 15 is 0 Å². The van der Waals surface area contributed by atoms with Gasteiger partial charge in [-0.25, -0.2) is 0 Å². The predicted octanol–water partition coefficient (Wildman–Crippen LogP) is 3.36. The highest BCUT2D eigenvalue weighted by molar-refractivity contribution is 5.32. The Morgan fingerprint density at radius 3 is 2.75 bits per heavy atom. The monoisotopic (exact) mass is 217 g/mol. The van der Waals surface area contributed by atoms with Gasteiger partial charge in [0.2, 0.25) is 0 Å². The first-order valence-electron chi connectivity index (χ1n) is 6.33. The minimum absolute atomic E-state index is 0.0535. The van der Waals surface area contributed by atoms with E-state index in [-0.39, 0.29) is 5.54 Å². The Bertz CT molecular complexity index is 383. The first kappa shape index (κ1) is 11.7. The van der Waals surface area contributed by atoms with Crippen molar-refractivity contribution in [3.8, 4) is 0 Å². The molecule has 1 aromatic carbocycles. The third-order valence-corrected chi connectivity index (χ3v) is 3.94. The fraction of sp³-hybridized carbons (Fsp3) is 0.600. The van der Waals surface area contributed by atoms with E-state index in [1.807, 2.05) is 0 Å². The third kappa shape index (κ3) is 2.46. The number of hydrogen-bond donors (Lipinski definition) is 1. The molecule has 1 nitrogen and oxygen atoms in total. The van der Waals surface area contributed by atoms with Crippen molar-refractivity contribution in [2.24, 2.45) is 11.7 Å². The molecule has 16 heavy (non-hydrogen) atoms. The Kier molecular flexibility index (Phi) is 3.07. The molecule has 2 unspecified atom stereocenters. The molecule has 1 aromatic rings. The molecule has 88 valence electrons. The summed E-state index contributed by atoms with van der Waals surface area (Å²) in [5.41, 5.74) is 10.7. The average molecular weight is 217 g/mol. The van der Waals surface area contributed by atoms with Gasteiger partial charge >= 0.3 is 0 Å². The Morgan fingerprint density at radius 2 is 2.12 bits per heavy atom. The zero-order valence-electron chi connectivity index (χ0n) is 10.7. The maximum atomic E-state index is 6.50. The lowest BCUT2D eigenvalue weighted by molar-refractivity contribution is 0.418. The molecule has 0 bridgehead atoms. The van der Waals surface area contributed by atoms with E-state index in [0.29, 0.717) is 0 Å². The van der Waals surface area contributed by atoms with Crippen LogP contribution in [0.25, 0.3) is 0 Å². The van der Waals surface area contributed by atoms with Crippen molar-refractivity contribution in [3.63, 3.8) is 0 Å². The Hall–Kier alpha value is -0.820. The Labute approximate surface area is 99.0 Å². The van der Waals surface area contributed by atoms with Crippen LogP contribution < -0.4 is 5.73 Å². The minimum Gasteiger partial charge on any atom is -0.325 e. The molecule has 2 rings (SSSR count). The van der Waals surface area contributed by atoms with Gasteiger partial charge in [0.1, 0.15) is 0 Å². The summed E-state index contributed by atoms with van der Waals surface area (Å²) in [6.07, 6.45) is 4.70. The molecule has 0 radical (unpaired) electrons. The quantitative estimate of drug-likeness (QED) is 0.807. The van der Waals surface area contributed by atoms with E-state index in [4.69, 9.17) is 5.73 Å². The van der Waals surface area contributed by atoms with Crippen LogP contribution in [0, 0.1) is 19.8 Å². The molecule has 0 heterocycles. The van der Waals surface area contributed by atoms with Gasteiger partial charge in [0.25, 0.3) is 0 Å². The highest BCUT2D eigenvalue weighted by Crippen LogP contribution is 2.35. The molecule has 1 fully saturated rings. The maximum Gasteiger partial charge on any atom is 0.0197 e. The van der Waals surface area contributed by atoms with E-state index < -0.39 is 0 Å². The van der Waals surface area contributed by atoms with Crippen LogP contribution in [0.2, 0.25) is 0 Å². The molecule has 0 amide bonds. The molecular weight excluding hydrogens is 194 g/mol. The van der Waals surface area contributed by atoms with Crippen molar-refractivity contribution in [1.29, 1.82) is 0 Å². The van der Waals surface area contributed by atoms with E-state index in [0.717, 1.165) is 12.3 Å². The van der Waals surface area contributed by atoms with Gasteiger partial charge in [-0.05, 0) is 56.6 Å². The lowest BCUT2D eigenvalue weighted by Gasteiger charge is -2.25. The van der Waals surface area contributed by atoms with Crippen molar-refractivity contribution in [3.05, 3.63) is 34.9 Å². The summed E-state index contributed by atoms with van der Waals surface area (Å²) in [6.45, 7) is 6.66. The average Bonchev–Trinajstić information content (AvgIpc) is 2.52. The van der Waals surface area contributed by atoms with E-state index in [1.54, 1.807) is 0 Å². The summed E-state index contributed by atoms with van der Waals surface area (Å²) in [5, 5.41) is 0. The molecule has 1 saturated carbocycles. The number of nitrogens with two attached hydrogens (primary N) is 1. The van der Waals surface area contributed by atoms with Crippen LogP contribution in [0.5, 0.6) is 0 Å². The first-order chi connectivity index (χ1) is 7.48. The fourth-order valence-electron chi connectivity index (χ4n) is 2.96. The number of benzene rings is 1. The van der Waals surface area contributed by atoms with Crippen LogP contribution in [0.3, 0.4) is 0 Å². The number of hydrogen-bond acceptors (Lipinski definition) is 1. The summed E-state index contributed by atoms with van der Waals surface area (Å²) in [6, 6.07) is 6.69. The van der Waals surface area contributed by atoms with Gasteiger partial charge in [-0.2, -0.15) is 0 Å². The first-order valence-corrected chi connectivity index (χ1v) is 6.33. The van der Waals surface area contributed by atoms with Crippen molar-refractivity contribution in [1.82, 2.24) is 0 Å². The molecule has 0 aromatic heterocycles. The molecular formula is C15H23N. The minimum atomic E-state index is 0.0535. The van der Waals surface area contributed by atoms with E-state index in [9.17, 15) is 0 Å². The van der Waals surface area contributed by atoms with Gasteiger partial charge in [-0.3, -0.25) is 0 Å².